The Morgan fingerprint density at radius 2 is 2.08 bits per heavy atom. The lowest BCUT2D eigenvalue weighted by Gasteiger charge is -2.36. The van der Waals surface area contributed by atoms with Crippen LogP contribution in [0.25, 0.3) is 11.3 Å². The highest BCUT2D eigenvalue weighted by Crippen LogP contribution is 2.25. The Labute approximate surface area is 154 Å². The summed E-state index contributed by atoms with van der Waals surface area (Å²) in [5, 5.41) is 0. The molecule has 1 atom stereocenters. The van der Waals surface area contributed by atoms with E-state index in [9.17, 15) is 9.18 Å². The summed E-state index contributed by atoms with van der Waals surface area (Å²) in [6.07, 6.45) is 6.76. The predicted octanol–water partition coefficient (Wildman–Crippen LogP) is 4.31. The minimum Gasteiger partial charge on any atom is -0.385 e. The predicted molar refractivity (Wildman–Crippen MR) is 99.4 cm³/mol. The quantitative estimate of drug-likeness (QED) is 0.725. The molecular formula is C21H25FN2O2. The zero-order valence-electron chi connectivity index (χ0n) is 15.2. The van der Waals surface area contributed by atoms with Gasteiger partial charge in [-0.25, -0.2) is 4.39 Å². The first-order valence-corrected chi connectivity index (χ1v) is 9.21. The van der Waals surface area contributed by atoms with Crippen molar-refractivity contribution in [2.45, 2.75) is 38.1 Å². The Balaban J connectivity index is 1.73. The molecule has 3 rings (SSSR count). The molecule has 1 aliphatic rings. The minimum absolute atomic E-state index is 0.0557. The maximum Gasteiger partial charge on any atom is 0.254 e. The van der Waals surface area contributed by atoms with Gasteiger partial charge >= 0.3 is 0 Å². The molecule has 0 N–H and O–H groups in total. The summed E-state index contributed by atoms with van der Waals surface area (Å²) in [6, 6.07) is 10.3. The highest BCUT2D eigenvalue weighted by Gasteiger charge is 2.27. The van der Waals surface area contributed by atoms with Crippen molar-refractivity contribution in [1.29, 1.82) is 0 Å². The van der Waals surface area contributed by atoms with Crippen LogP contribution in [-0.4, -0.2) is 42.1 Å². The molecule has 0 aliphatic carbocycles. The minimum atomic E-state index is -0.360. The molecule has 1 aliphatic heterocycles. The van der Waals surface area contributed by atoms with E-state index in [1.807, 2.05) is 4.90 Å². The zero-order chi connectivity index (χ0) is 18.4. The number of rotatable bonds is 6. The van der Waals surface area contributed by atoms with Crippen molar-refractivity contribution in [2.24, 2.45) is 0 Å². The molecule has 1 fully saturated rings. The molecule has 0 bridgehead atoms. The standard InChI is InChI=1S/C21H25FN2O2/c1-26-15-5-7-18-6-2-3-14-24(18)21(25)17-11-9-16(10-12-17)20-19(22)8-4-13-23-20/h4,8-13,18H,2-3,5-7,14-15H2,1H3/t18-/m1/s1. The number of pyridine rings is 1. The fourth-order valence-corrected chi connectivity index (χ4v) is 3.57. The lowest BCUT2D eigenvalue weighted by molar-refractivity contribution is 0.0585. The molecule has 26 heavy (non-hydrogen) atoms. The van der Waals surface area contributed by atoms with E-state index in [0.29, 0.717) is 16.8 Å². The molecule has 1 aromatic carbocycles. The van der Waals surface area contributed by atoms with Crippen molar-refractivity contribution in [1.82, 2.24) is 9.88 Å². The van der Waals surface area contributed by atoms with Gasteiger partial charge in [-0.1, -0.05) is 12.1 Å². The molecule has 2 heterocycles. The largest absolute Gasteiger partial charge is 0.385 e. The van der Waals surface area contributed by atoms with Crippen LogP contribution >= 0.6 is 0 Å². The molecule has 0 radical (unpaired) electrons. The second-order valence-corrected chi connectivity index (χ2v) is 6.69. The van der Waals surface area contributed by atoms with Crippen molar-refractivity contribution in [3.63, 3.8) is 0 Å². The number of nitrogens with zero attached hydrogens (tertiary/aromatic N) is 2. The number of amides is 1. The summed E-state index contributed by atoms with van der Waals surface area (Å²) in [5.41, 5.74) is 1.63. The van der Waals surface area contributed by atoms with E-state index in [1.54, 1.807) is 43.6 Å². The number of ether oxygens (including phenoxy) is 1. The average Bonchev–Trinajstić information content (AvgIpc) is 2.69. The van der Waals surface area contributed by atoms with Gasteiger partial charge in [-0.05, 0) is 56.4 Å². The van der Waals surface area contributed by atoms with E-state index >= 15 is 0 Å². The van der Waals surface area contributed by atoms with Crippen LogP contribution in [-0.2, 0) is 4.74 Å². The molecule has 0 unspecified atom stereocenters. The first-order chi connectivity index (χ1) is 12.7. The molecule has 1 amide bonds. The Morgan fingerprint density at radius 1 is 1.27 bits per heavy atom. The average molecular weight is 356 g/mol. The van der Waals surface area contributed by atoms with E-state index < -0.39 is 0 Å². The van der Waals surface area contributed by atoms with Crippen LogP contribution in [0, 0.1) is 5.82 Å². The second-order valence-electron chi connectivity index (χ2n) is 6.69. The number of aromatic nitrogens is 1. The molecule has 1 saturated heterocycles. The highest BCUT2D eigenvalue weighted by atomic mass is 19.1. The third kappa shape index (κ3) is 4.28. The number of carbonyl (C=O) groups is 1. The summed E-state index contributed by atoms with van der Waals surface area (Å²) in [7, 11) is 1.70. The molecule has 138 valence electrons. The third-order valence-corrected chi connectivity index (χ3v) is 4.94. The number of likely N-dealkylation sites (tertiary alicyclic amines) is 1. The van der Waals surface area contributed by atoms with Gasteiger partial charge in [-0.2, -0.15) is 0 Å². The summed E-state index contributed by atoms with van der Waals surface area (Å²) < 4.78 is 19.0. The maximum atomic E-state index is 13.9. The summed E-state index contributed by atoms with van der Waals surface area (Å²) in [6.45, 7) is 1.52. The number of hydrogen-bond acceptors (Lipinski definition) is 3. The molecule has 0 saturated carbocycles. The van der Waals surface area contributed by atoms with Gasteiger partial charge in [-0.3, -0.25) is 9.78 Å². The Morgan fingerprint density at radius 3 is 2.81 bits per heavy atom. The van der Waals surface area contributed by atoms with Gasteiger partial charge in [0.15, 0.2) is 0 Å². The summed E-state index contributed by atoms with van der Waals surface area (Å²) >= 11 is 0. The molecule has 1 aromatic heterocycles. The van der Waals surface area contributed by atoms with Crippen molar-refractivity contribution in [3.05, 3.63) is 54.0 Å². The van der Waals surface area contributed by atoms with E-state index in [1.165, 1.54) is 12.5 Å². The first kappa shape index (κ1) is 18.5. The van der Waals surface area contributed by atoms with Gasteiger partial charge in [-0.15, -0.1) is 0 Å². The smallest absolute Gasteiger partial charge is 0.254 e. The van der Waals surface area contributed by atoms with E-state index in [-0.39, 0.29) is 17.8 Å². The lowest BCUT2D eigenvalue weighted by Crippen LogP contribution is -2.43. The van der Waals surface area contributed by atoms with Gasteiger partial charge in [0.1, 0.15) is 11.5 Å². The third-order valence-electron chi connectivity index (χ3n) is 4.94. The van der Waals surface area contributed by atoms with E-state index in [2.05, 4.69) is 4.98 Å². The van der Waals surface area contributed by atoms with Crippen LogP contribution in [0.15, 0.2) is 42.6 Å². The first-order valence-electron chi connectivity index (χ1n) is 9.21. The van der Waals surface area contributed by atoms with Crippen LogP contribution < -0.4 is 0 Å². The van der Waals surface area contributed by atoms with Gasteiger partial charge < -0.3 is 9.64 Å². The normalized spacial score (nSPS) is 17.3. The zero-order valence-corrected chi connectivity index (χ0v) is 15.2. The monoisotopic (exact) mass is 356 g/mol. The van der Waals surface area contributed by atoms with E-state index in [0.717, 1.165) is 38.8 Å². The van der Waals surface area contributed by atoms with Crippen LogP contribution in [0.4, 0.5) is 4.39 Å². The number of hydrogen-bond donors (Lipinski definition) is 0. The van der Waals surface area contributed by atoms with Crippen LogP contribution in [0.1, 0.15) is 42.5 Å². The van der Waals surface area contributed by atoms with Gasteiger partial charge in [0, 0.05) is 43.6 Å². The van der Waals surface area contributed by atoms with Crippen molar-refractivity contribution in [2.75, 3.05) is 20.3 Å². The molecule has 0 spiro atoms. The lowest BCUT2D eigenvalue weighted by atomic mass is 9.96. The van der Waals surface area contributed by atoms with Gasteiger partial charge in [0.2, 0.25) is 0 Å². The molecular weight excluding hydrogens is 331 g/mol. The number of piperidine rings is 1. The van der Waals surface area contributed by atoms with Crippen LogP contribution in [0.5, 0.6) is 0 Å². The number of benzene rings is 1. The number of methoxy groups -OCH3 is 1. The van der Waals surface area contributed by atoms with Crippen LogP contribution in [0.3, 0.4) is 0 Å². The van der Waals surface area contributed by atoms with Gasteiger partial charge in [0.05, 0.1) is 0 Å². The summed E-state index contributed by atoms with van der Waals surface area (Å²) in [4.78, 5) is 19.0. The molecule has 5 heteroatoms. The Bertz CT molecular complexity index is 733. The van der Waals surface area contributed by atoms with Gasteiger partial charge in [0.25, 0.3) is 5.91 Å². The molecule has 4 nitrogen and oxygen atoms in total. The fraction of sp³-hybridized carbons (Fsp3) is 0.429. The van der Waals surface area contributed by atoms with Crippen LogP contribution in [0.2, 0.25) is 0 Å². The summed E-state index contributed by atoms with van der Waals surface area (Å²) in [5.74, 6) is -0.305. The van der Waals surface area contributed by atoms with Crippen molar-refractivity contribution >= 4 is 5.91 Å². The van der Waals surface area contributed by atoms with Crippen molar-refractivity contribution in [3.8, 4) is 11.3 Å². The molecule has 2 aromatic rings. The maximum absolute atomic E-state index is 13.9. The topological polar surface area (TPSA) is 42.4 Å². The number of carbonyl (C=O) groups excluding carboxylic acids is 1. The second kappa shape index (κ2) is 8.90. The van der Waals surface area contributed by atoms with Crippen molar-refractivity contribution < 1.29 is 13.9 Å². The Kier molecular flexibility index (Phi) is 6.34. The Hall–Kier alpha value is -2.27. The SMILES string of the molecule is COCCC[C@H]1CCCCN1C(=O)c1ccc(-c2ncccc2F)cc1. The fourth-order valence-electron chi connectivity index (χ4n) is 3.57. The van der Waals surface area contributed by atoms with E-state index in [4.69, 9.17) is 4.74 Å². The number of halogens is 1. The highest BCUT2D eigenvalue weighted by molar-refractivity contribution is 5.95.